The molecule has 0 aliphatic carbocycles. The van der Waals surface area contributed by atoms with Crippen LogP contribution in [-0.2, 0) is 13.0 Å². The molecule has 18 heavy (non-hydrogen) atoms. The van der Waals surface area contributed by atoms with Gasteiger partial charge in [0.05, 0.1) is 0 Å². The second kappa shape index (κ2) is 4.64. The van der Waals surface area contributed by atoms with Crippen LogP contribution in [0.1, 0.15) is 22.7 Å². The van der Waals surface area contributed by atoms with Crippen LogP contribution in [0.5, 0.6) is 0 Å². The molecule has 6 nitrogen and oxygen atoms in total. The van der Waals surface area contributed by atoms with Gasteiger partial charge in [-0.15, -0.1) is 0 Å². The van der Waals surface area contributed by atoms with Crippen molar-refractivity contribution in [3.05, 3.63) is 36.2 Å². The first-order valence-electron chi connectivity index (χ1n) is 6.10. The maximum Gasteiger partial charge on any atom is 0.269 e. The molecule has 1 atom stereocenters. The highest BCUT2D eigenvalue weighted by atomic mass is 16.1. The monoisotopic (exact) mass is 245 g/mol. The number of hydrogen-bond acceptors (Lipinski definition) is 3. The van der Waals surface area contributed by atoms with E-state index in [1.807, 2.05) is 12.4 Å². The van der Waals surface area contributed by atoms with Crippen molar-refractivity contribution in [1.29, 1.82) is 0 Å². The van der Waals surface area contributed by atoms with E-state index < -0.39 is 0 Å². The van der Waals surface area contributed by atoms with Crippen molar-refractivity contribution in [1.82, 2.24) is 25.1 Å². The zero-order valence-corrected chi connectivity index (χ0v) is 9.97. The summed E-state index contributed by atoms with van der Waals surface area (Å²) in [5, 5.41) is 9.36. The van der Waals surface area contributed by atoms with E-state index in [1.54, 1.807) is 12.3 Å². The minimum Gasteiger partial charge on any atom is -0.350 e. The topological polar surface area (TPSA) is 75.6 Å². The number of amides is 1. The first-order chi connectivity index (χ1) is 8.83. The van der Waals surface area contributed by atoms with Gasteiger partial charge in [0, 0.05) is 38.1 Å². The number of aromatic amines is 1. The van der Waals surface area contributed by atoms with Gasteiger partial charge in [-0.2, -0.15) is 5.10 Å². The minimum absolute atomic E-state index is 0.0936. The van der Waals surface area contributed by atoms with Crippen molar-refractivity contribution >= 4 is 5.91 Å². The summed E-state index contributed by atoms with van der Waals surface area (Å²) in [5.74, 6) is 1.52. The molecule has 2 aromatic rings. The number of carbonyl (C=O) groups is 1. The maximum atomic E-state index is 11.7. The van der Waals surface area contributed by atoms with Gasteiger partial charge in [0.15, 0.2) is 0 Å². The van der Waals surface area contributed by atoms with E-state index in [0.717, 1.165) is 25.2 Å². The third-order valence-corrected chi connectivity index (χ3v) is 3.33. The van der Waals surface area contributed by atoms with Crippen LogP contribution in [0.4, 0.5) is 0 Å². The number of fused-ring (bicyclic) bond motifs is 1. The fourth-order valence-electron chi connectivity index (χ4n) is 2.32. The number of nitrogens with one attached hydrogen (secondary N) is 2. The van der Waals surface area contributed by atoms with Gasteiger partial charge >= 0.3 is 0 Å². The number of rotatable bonds is 3. The van der Waals surface area contributed by atoms with Crippen LogP contribution in [-0.4, -0.2) is 32.2 Å². The molecule has 1 aliphatic heterocycles. The summed E-state index contributed by atoms with van der Waals surface area (Å²) in [4.78, 5) is 16.0. The lowest BCUT2D eigenvalue weighted by Gasteiger charge is -2.23. The van der Waals surface area contributed by atoms with Crippen LogP contribution < -0.4 is 5.32 Å². The lowest BCUT2D eigenvalue weighted by atomic mass is 9.99. The molecule has 0 aromatic carbocycles. The molecule has 3 heterocycles. The van der Waals surface area contributed by atoms with Crippen molar-refractivity contribution in [3.63, 3.8) is 0 Å². The molecule has 2 aromatic heterocycles. The molecular weight excluding hydrogens is 230 g/mol. The van der Waals surface area contributed by atoms with Gasteiger partial charge in [0.1, 0.15) is 11.5 Å². The molecule has 0 unspecified atom stereocenters. The van der Waals surface area contributed by atoms with E-state index in [-0.39, 0.29) is 5.91 Å². The number of carbonyl (C=O) groups excluding carboxylic acids is 1. The summed E-state index contributed by atoms with van der Waals surface area (Å²) in [6.07, 6.45) is 7.46. The summed E-state index contributed by atoms with van der Waals surface area (Å²) in [6, 6.07) is 1.67. The fourth-order valence-corrected chi connectivity index (χ4v) is 2.32. The van der Waals surface area contributed by atoms with Gasteiger partial charge in [0.25, 0.3) is 5.91 Å². The Morgan fingerprint density at radius 1 is 1.56 bits per heavy atom. The summed E-state index contributed by atoms with van der Waals surface area (Å²) < 4.78 is 2.16. The van der Waals surface area contributed by atoms with Gasteiger partial charge in [-0.05, 0) is 18.4 Å². The quantitative estimate of drug-likeness (QED) is 0.831. The Hall–Kier alpha value is -2.11. The van der Waals surface area contributed by atoms with E-state index in [4.69, 9.17) is 0 Å². The third-order valence-electron chi connectivity index (χ3n) is 3.33. The largest absolute Gasteiger partial charge is 0.350 e. The maximum absolute atomic E-state index is 11.7. The average molecular weight is 245 g/mol. The van der Waals surface area contributed by atoms with E-state index >= 15 is 0 Å². The highest BCUT2D eigenvalue weighted by Crippen LogP contribution is 2.17. The van der Waals surface area contributed by atoms with Crippen LogP contribution in [0.25, 0.3) is 0 Å². The Kier molecular flexibility index (Phi) is 2.84. The van der Waals surface area contributed by atoms with E-state index in [2.05, 4.69) is 25.1 Å². The van der Waals surface area contributed by atoms with Crippen LogP contribution in [0.2, 0.25) is 0 Å². The molecule has 0 saturated heterocycles. The number of aryl methyl sites for hydroxylation is 1. The highest BCUT2D eigenvalue weighted by Gasteiger charge is 2.19. The molecule has 2 N–H and O–H groups in total. The predicted molar refractivity (Wildman–Crippen MR) is 65.0 cm³/mol. The molecule has 1 amide bonds. The van der Waals surface area contributed by atoms with Crippen molar-refractivity contribution in [2.24, 2.45) is 5.92 Å². The van der Waals surface area contributed by atoms with Crippen molar-refractivity contribution in [3.8, 4) is 0 Å². The first kappa shape index (κ1) is 11.0. The third kappa shape index (κ3) is 2.13. The Morgan fingerprint density at radius 3 is 3.33 bits per heavy atom. The zero-order chi connectivity index (χ0) is 12.4. The number of H-pyrrole nitrogens is 1. The Balaban J connectivity index is 1.54. The lowest BCUT2D eigenvalue weighted by Crippen LogP contribution is -2.33. The summed E-state index contributed by atoms with van der Waals surface area (Å²) >= 11 is 0. The second-order valence-electron chi connectivity index (χ2n) is 4.58. The van der Waals surface area contributed by atoms with Crippen molar-refractivity contribution < 1.29 is 4.79 Å². The SMILES string of the molecule is O=C(NC[C@H]1CCc2nccn2C1)c1ccn[nH]1. The number of imidazole rings is 1. The summed E-state index contributed by atoms with van der Waals surface area (Å²) in [6.45, 7) is 1.62. The predicted octanol–water partition coefficient (Wildman–Crippen LogP) is 0.599. The molecule has 1 aliphatic rings. The van der Waals surface area contributed by atoms with E-state index in [0.29, 0.717) is 18.2 Å². The number of hydrogen-bond donors (Lipinski definition) is 2. The summed E-state index contributed by atoms with van der Waals surface area (Å²) in [5.41, 5.74) is 0.508. The van der Waals surface area contributed by atoms with Gasteiger partial charge in [-0.1, -0.05) is 0 Å². The molecule has 0 fully saturated rings. The number of aromatic nitrogens is 4. The fraction of sp³-hybridized carbons (Fsp3) is 0.417. The molecular formula is C12H15N5O. The normalized spacial score (nSPS) is 18.3. The minimum atomic E-state index is -0.0936. The molecule has 94 valence electrons. The molecule has 3 rings (SSSR count). The first-order valence-corrected chi connectivity index (χ1v) is 6.10. The Morgan fingerprint density at radius 2 is 2.50 bits per heavy atom. The zero-order valence-electron chi connectivity index (χ0n) is 9.97. The Bertz CT molecular complexity index is 530. The van der Waals surface area contributed by atoms with Gasteiger partial charge in [-0.3, -0.25) is 9.89 Å². The smallest absolute Gasteiger partial charge is 0.269 e. The van der Waals surface area contributed by atoms with Crippen molar-refractivity contribution in [2.45, 2.75) is 19.4 Å². The second-order valence-corrected chi connectivity index (χ2v) is 4.58. The van der Waals surface area contributed by atoms with Crippen LogP contribution in [0.15, 0.2) is 24.7 Å². The van der Waals surface area contributed by atoms with Gasteiger partial charge < -0.3 is 9.88 Å². The van der Waals surface area contributed by atoms with Gasteiger partial charge in [-0.25, -0.2) is 4.98 Å². The molecule has 6 heteroatoms. The van der Waals surface area contributed by atoms with Crippen LogP contribution in [0, 0.1) is 5.92 Å². The molecule has 0 saturated carbocycles. The van der Waals surface area contributed by atoms with Crippen LogP contribution >= 0.6 is 0 Å². The average Bonchev–Trinajstić information content (AvgIpc) is 3.05. The van der Waals surface area contributed by atoms with Crippen LogP contribution in [0.3, 0.4) is 0 Å². The highest BCUT2D eigenvalue weighted by molar-refractivity contribution is 5.92. The Labute approximate surface area is 104 Å². The van der Waals surface area contributed by atoms with Gasteiger partial charge in [0.2, 0.25) is 0 Å². The standard InChI is InChI=1S/C12H15N5O/c18-12(10-3-4-15-16-10)14-7-9-1-2-11-13-5-6-17(11)8-9/h3-6,9H,1-2,7-8H2,(H,14,18)(H,15,16)/t9-/m1/s1. The molecule has 0 radical (unpaired) electrons. The van der Waals surface area contributed by atoms with E-state index in [9.17, 15) is 4.79 Å². The molecule has 0 bridgehead atoms. The summed E-state index contributed by atoms with van der Waals surface area (Å²) in [7, 11) is 0. The lowest BCUT2D eigenvalue weighted by molar-refractivity contribution is 0.0938. The number of nitrogens with zero attached hydrogens (tertiary/aromatic N) is 3. The molecule has 0 spiro atoms. The van der Waals surface area contributed by atoms with E-state index in [1.165, 1.54) is 0 Å². The van der Waals surface area contributed by atoms with Crippen molar-refractivity contribution in [2.75, 3.05) is 6.54 Å².